The second-order valence-electron chi connectivity index (χ2n) is 6.78. The SMILES string of the molecule is CC(c1ccccc1)n1c(-c2ccco2)nc2oc3ccccc3c(=O)c2c1=O. The van der Waals surface area contributed by atoms with Crippen LogP contribution >= 0.6 is 0 Å². The molecule has 6 nitrogen and oxygen atoms in total. The van der Waals surface area contributed by atoms with Crippen LogP contribution < -0.4 is 11.0 Å². The van der Waals surface area contributed by atoms with Crippen LogP contribution in [0.5, 0.6) is 0 Å². The summed E-state index contributed by atoms with van der Waals surface area (Å²) >= 11 is 0. The van der Waals surface area contributed by atoms with Gasteiger partial charge in [0.25, 0.3) is 5.56 Å². The van der Waals surface area contributed by atoms with E-state index in [4.69, 9.17) is 8.83 Å². The first kappa shape index (κ1) is 17.2. The van der Waals surface area contributed by atoms with Crippen LogP contribution in [0.1, 0.15) is 18.5 Å². The van der Waals surface area contributed by atoms with Gasteiger partial charge in [0.15, 0.2) is 17.0 Å². The summed E-state index contributed by atoms with van der Waals surface area (Å²) in [5.74, 6) is 0.727. The number of benzene rings is 2. The van der Waals surface area contributed by atoms with Crippen LogP contribution in [0.25, 0.3) is 33.7 Å². The average molecular weight is 384 g/mol. The molecule has 142 valence electrons. The van der Waals surface area contributed by atoms with E-state index in [1.54, 1.807) is 36.4 Å². The van der Waals surface area contributed by atoms with Gasteiger partial charge in [0.1, 0.15) is 5.58 Å². The Bertz CT molecular complexity index is 1450. The maximum absolute atomic E-state index is 13.5. The number of aromatic nitrogens is 2. The van der Waals surface area contributed by atoms with Gasteiger partial charge in [-0.05, 0) is 36.8 Å². The standard InChI is InChI=1S/C23H16N2O4/c1-14(15-8-3-2-4-9-15)25-21(18-12-7-13-28-18)24-22-19(23(25)27)20(26)16-10-5-6-11-17(16)29-22/h2-14H,1H3. The number of nitrogens with zero attached hydrogens (tertiary/aromatic N) is 2. The molecule has 0 bridgehead atoms. The molecule has 3 aromatic heterocycles. The summed E-state index contributed by atoms with van der Waals surface area (Å²) in [6.07, 6.45) is 1.51. The molecule has 0 aliphatic carbocycles. The Hall–Kier alpha value is -3.93. The molecule has 0 radical (unpaired) electrons. The van der Waals surface area contributed by atoms with E-state index >= 15 is 0 Å². The van der Waals surface area contributed by atoms with Crippen molar-refractivity contribution in [2.24, 2.45) is 0 Å². The Morgan fingerprint density at radius 2 is 1.69 bits per heavy atom. The second-order valence-corrected chi connectivity index (χ2v) is 6.78. The lowest BCUT2D eigenvalue weighted by molar-refractivity contribution is 0.546. The minimum absolute atomic E-state index is 0.00149. The molecule has 0 spiro atoms. The zero-order chi connectivity index (χ0) is 20.0. The van der Waals surface area contributed by atoms with Gasteiger partial charge in [-0.25, -0.2) is 0 Å². The van der Waals surface area contributed by atoms with Crippen molar-refractivity contribution in [1.29, 1.82) is 0 Å². The van der Waals surface area contributed by atoms with Crippen molar-refractivity contribution >= 4 is 22.1 Å². The lowest BCUT2D eigenvalue weighted by atomic mass is 10.1. The average Bonchev–Trinajstić information content (AvgIpc) is 3.28. The van der Waals surface area contributed by atoms with Crippen LogP contribution in [0.4, 0.5) is 0 Å². The van der Waals surface area contributed by atoms with Crippen LogP contribution in [-0.4, -0.2) is 9.55 Å². The molecule has 29 heavy (non-hydrogen) atoms. The van der Waals surface area contributed by atoms with Gasteiger partial charge in [0.05, 0.1) is 17.7 Å². The van der Waals surface area contributed by atoms with Crippen molar-refractivity contribution in [2.45, 2.75) is 13.0 Å². The monoisotopic (exact) mass is 384 g/mol. The number of fused-ring (bicyclic) bond motifs is 2. The summed E-state index contributed by atoms with van der Waals surface area (Å²) in [5.41, 5.74) is 0.447. The normalized spacial score (nSPS) is 12.4. The van der Waals surface area contributed by atoms with E-state index in [0.29, 0.717) is 22.6 Å². The molecular weight excluding hydrogens is 368 g/mol. The quantitative estimate of drug-likeness (QED) is 0.432. The minimum Gasteiger partial charge on any atom is -0.461 e. The number of rotatable bonds is 3. The molecule has 3 heterocycles. The van der Waals surface area contributed by atoms with Crippen molar-refractivity contribution in [3.8, 4) is 11.6 Å². The molecule has 0 saturated carbocycles. The Balaban J connectivity index is 1.92. The first-order valence-electron chi connectivity index (χ1n) is 9.22. The predicted molar refractivity (Wildman–Crippen MR) is 110 cm³/mol. The number of hydrogen-bond acceptors (Lipinski definition) is 5. The highest BCUT2D eigenvalue weighted by Crippen LogP contribution is 2.26. The lowest BCUT2D eigenvalue weighted by Gasteiger charge is -2.19. The minimum atomic E-state index is -0.461. The zero-order valence-electron chi connectivity index (χ0n) is 15.5. The summed E-state index contributed by atoms with van der Waals surface area (Å²) in [6.45, 7) is 1.89. The van der Waals surface area contributed by atoms with Crippen LogP contribution in [0, 0.1) is 0 Å². The van der Waals surface area contributed by atoms with Gasteiger partial charge in [-0.2, -0.15) is 4.98 Å². The van der Waals surface area contributed by atoms with E-state index in [2.05, 4.69) is 4.98 Å². The molecule has 5 rings (SSSR count). The molecule has 0 aliphatic rings. The molecular formula is C23H16N2O4. The van der Waals surface area contributed by atoms with Crippen molar-refractivity contribution in [2.75, 3.05) is 0 Å². The van der Waals surface area contributed by atoms with Crippen molar-refractivity contribution in [1.82, 2.24) is 9.55 Å². The topological polar surface area (TPSA) is 78.2 Å². The van der Waals surface area contributed by atoms with Crippen LogP contribution in [0.15, 0.2) is 91.4 Å². The van der Waals surface area contributed by atoms with E-state index in [9.17, 15) is 9.59 Å². The van der Waals surface area contributed by atoms with Crippen LogP contribution in [0.3, 0.4) is 0 Å². The molecule has 5 aromatic rings. The first-order chi connectivity index (χ1) is 14.1. The largest absolute Gasteiger partial charge is 0.461 e. The number of para-hydroxylation sites is 1. The van der Waals surface area contributed by atoms with Gasteiger partial charge < -0.3 is 8.83 Å². The molecule has 0 fully saturated rings. The zero-order valence-corrected chi connectivity index (χ0v) is 15.5. The Morgan fingerprint density at radius 3 is 2.45 bits per heavy atom. The molecule has 6 heteroatoms. The van der Waals surface area contributed by atoms with Gasteiger partial charge in [-0.15, -0.1) is 0 Å². The highest BCUT2D eigenvalue weighted by Gasteiger charge is 2.23. The van der Waals surface area contributed by atoms with E-state index < -0.39 is 5.56 Å². The van der Waals surface area contributed by atoms with Crippen molar-refractivity contribution in [3.63, 3.8) is 0 Å². The third kappa shape index (κ3) is 2.69. The third-order valence-corrected chi connectivity index (χ3v) is 5.06. The fourth-order valence-electron chi connectivity index (χ4n) is 3.58. The molecule has 1 unspecified atom stereocenters. The maximum atomic E-state index is 13.5. The van der Waals surface area contributed by atoms with E-state index in [1.807, 2.05) is 37.3 Å². The molecule has 0 aliphatic heterocycles. The van der Waals surface area contributed by atoms with Gasteiger partial charge in [-0.1, -0.05) is 42.5 Å². The first-order valence-corrected chi connectivity index (χ1v) is 9.22. The third-order valence-electron chi connectivity index (χ3n) is 5.06. The highest BCUT2D eigenvalue weighted by molar-refractivity contribution is 5.88. The summed E-state index contributed by atoms with van der Waals surface area (Å²) in [6, 6.07) is 19.5. The van der Waals surface area contributed by atoms with Crippen molar-refractivity contribution < 1.29 is 8.83 Å². The van der Waals surface area contributed by atoms with Gasteiger partial charge in [-0.3, -0.25) is 14.2 Å². The Kier molecular flexibility index (Phi) is 3.91. The highest BCUT2D eigenvalue weighted by atomic mass is 16.3. The predicted octanol–water partition coefficient (Wildman–Crippen LogP) is 4.37. The summed E-state index contributed by atoms with van der Waals surface area (Å²) in [5, 5.41) is 0.283. The molecule has 0 saturated heterocycles. The summed E-state index contributed by atoms with van der Waals surface area (Å²) in [4.78, 5) is 31.2. The second kappa shape index (κ2) is 6.60. The molecule has 0 N–H and O–H groups in total. The maximum Gasteiger partial charge on any atom is 0.269 e. The smallest absolute Gasteiger partial charge is 0.269 e. The van der Waals surface area contributed by atoms with Crippen molar-refractivity contribution in [3.05, 3.63) is 99.1 Å². The van der Waals surface area contributed by atoms with Gasteiger partial charge in [0.2, 0.25) is 11.1 Å². The summed E-state index contributed by atoms with van der Waals surface area (Å²) in [7, 11) is 0. The van der Waals surface area contributed by atoms with E-state index in [1.165, 1.54) is 10.8 Å². The number of hydrogen-bond donors (Lipinski definition) is 0. The fraction of sp³-hybridized carbons (Fsp3) is 0.0870. The Labute approximate surface area is 164 Å². The van der Waals surface area contributed by atoms with Crippen LogP contribution in [-0.2, 0) is 0 Å². The molecule has 1 atom stereocenters. The van der Waals surface area contributed by atoms with Gasteiger partial charge in [0, 0.05) is 0 Å². The Morgan fingerprint density at radius 1 is 0.931 bits per heavy atom. The van der Waals surface area contributed by atoms with E-state index in [0.717, 1.165) is 5.56 Å². The molecule has 2 aromatic carbocycles. The fourth-order valence-corrected chi connectivity index (χ4v) is 3.58. The lowest BCUT2D eigenvalue weighted by Crippen LogP contribution is -2.30. The van der Waals surface area contributed by atoms with E-state index in [-0.39, 0.29) is 22.6 Å². The van der Waals surface area contributed by atoms with Gasteiger partial charge >= 0.3 is 0 Å². The molecule has 0 amide bonds. The van der Waals surface area contributed by atoms with Crippen LogP contribution in [0.2, 0.25) is 0 Å². The summed E-state index contributed by atoms with van der Waals surface area (Å²) < 4.78 is 12.8. The number of furan rings is 1.